The summed E-state index contributed by atoms with van der Waals surface area (Å²) in [5.74, 6) is 0. The first-order valence-electron chi connectivity index (χ1n) is 3.79. The van der Waals surface area contributed by atoms with Gasteiger partial charge in [-0.25, -0.2) is 26.4 Å². The molecule has 0 spiro atoms. The van der Waals surface area contributed by atoms with Gasteiger partial charge in [0.15, 0.2) is 0 Å². The third-order valence-electron chi connectivity index (χ3n) is 0.433. The second kappa shape index (κ2) is 37.3. The van der Waals surface area contributed by atoms with Gasteiger partial charge in [0, 0.05) is 0 Å². The fraction of sp³-hybridized carbons (Fsp3) is 1.00. The Labute approximate surface area is 97.8 Å². The van der Waals surface area contributed by atoms with E-state index in [0.717, 1.165) is 18.5 Å². The van der Waals surface area contributed by atoms with Gasteiger partial charge in [0.05, 0.1) is 0 Å². The van der Waals surface area contributed by atoms with Gasteiger partial charge < -0.3 is 14.7 Å². The Morgan fingerprint density at radius 1 is 0.692 bits per heavy atom. The molecule has 0 fully saturated rings. The standard InChI is InChI=1S/3C2H6OP.Al/c3*1-2-4-3;/h3*4H,2H2,1H3;/q3*-1;+3. The molecule has 0 aromatic carbocycles. The van der Waals surface area contributed by atoms with E-state index in [9.17, 15) is 14.7 Å². The SMILES string of the molecule is CCP[O-].CCP[O-].CCP[O-].[Al+3]. The van der Waals surface area contributed by atoms with Crippen LogP contribution in [0.25, 0.3) is 0 Å². The molecule has 0 radical (unpaired) electrons. The molecule has 3 unspecified atom stereocenters. The first-order valence-corrected chi connectivity index (χ1v) is 7.14. The summed E-state index contributed by atoms with van der Waals surface area (Å²) in [7, 11) is -0.329. The minimum Gasteiger partial charge on any atom is -0.832 e. The predicted molar refractivity (Wildman–Crippen MR) is 62.3 cm³/mol. The molecule has 13 heavy (non-hydrogen) atoms. The topological polar surface area (TPSA) is 69.2 Å². The van der Waals surface area contributed by atoms with Gasteiger partial charge in [-0.3, -0.25) is 0 Å². The third-order valence-corrected chi connectivity index (χ3v) is 1.30. The predicted octanol–water partition coefficient (Wildman–Crippen LogP) is -0.501. The Balaban J connectivity index is -0.0000000450. The summed E-state index contributed by atoms with van der Waals surface area (Å²) in [6.45, 7) is 5.64. The maximum Gasteiger partial charge on any atom is 3.00 e. The van der Waals surface area contributed by atoms with Gasteiger partial charge in [-0.05, 0) is 0 Å². The van der Waals surface area contributed by atoms with Gasteiger partial charge in [0.1, 0.15) is 0 Å². The Bertz CT molecular complexity index is 38.6. The van der Waals surface area contributed by atoms with Gasteiger partial charge in [0.2, 0.25) is 0 Å². The zero-order valence-corrected chi connectivity index (χ0v) is 12.6. The Morgan fingerprint density at radius 3 is 0.769 bits per heavy atom. The molecule has 0 amide bonds. The molecular formula is C6H18AlO3P3. The molecule has 0 aromatic heterocycles. The molecular weight excluding hydrogens is 240 g/mol. The summed E-state index contributed by atoms with van der Waals surface area (Å²) in [5, 5.41) is 0. The van der Waals surface area contributed by atoms with Gasteiger partial charge >= 0.3 is 17.4 Å². The molecule has 0 bridgehead atoms. The number of rotatable bonds is 3. The first kappa shape index (κ1) is 24.1. The normalized spacial score (nSPS) is 9.69. The fourth-order valence-corrected chi connectivity index (χ4v) is 0. The van der Waals surface area contributed by atoms with Crippen molar-refractivity contribution in [3.05, 3.63) is 0 Å². The molecule has 0 saturated heterocycles. The minimum atomic E-state index is -0.110. The van der Waals surface area contributed by atoms with Gasteiger partial charge in [0.25, 0.3) is 0 Å². The van der Waals surface area contributed by atoms with Crippen molar-refractivity contribution in [3.8, 4) is 0 Å². The van der Waals surface area contributed by atoms with Crippen LogP contribution in [0.2, 0.25) is 0 Å². The average molecular weight is 258 g/mol. The Morgan fingerprint density at radius 2 is 0.769 bits per heavy atom. The molecule has 7 heteroatoms. The molecule has 0 aliphatic carbocycles. The van der Waals surface area contributed by atoms with E-state index in [1.807, 2.05) is 20.8 Å². The van der Waals surface area contributed by atoms with Crippen LogP contribution in [0.3, 0.4) is 0 Å². The molecule has 0 aliphatic heterocycles. The zero-order chi connectivity index (χ0) is 10.2. The van der Waals surface area contributed by atoms with Crippen LogP contribution < -0.4 is 14.7 Å². The zero-order valence-electron chi connectivity index (χ0n) is 8.42. The number of hydrogen-bond acceptors (Lipinski definition) is 3. The summed E-state index contributed by atoms with van der Waals surface area (Å²) < 4.78 is 0. The van der Waals surface area contributed by atoms with Crippen LogP contribution in [0.4, 0.5) is 0 Å². The van der Waals surface area contributed by atoms with Crippen molar-refractivity contribution >= 4 is 43.8 Å². The molecule has 3 atom stereocenters. The quantitative estimate of drug-likeness (QED) is 0.506. The van der Waals surface area contributed by atoms with E-state index in [1.165, 1.54) is 0 Å². The fourth-order valence-electron chi connectivity index (χ4n) is 0. The average Bonchev–Trinajstić information content (AvgIpc) is 2.18. The molecule has 0 aliphatic rings. The van der Waals surface area contributed by atoms with Gasteiger partial charge in [-0.1, -0.05) is 39.3 Å². The van der Waals surface area contributed by atoms with Crippen LogP contribution in [-0.4, -0.2) is 35.8 Å². The Kier molecular flexibility index (Phi) is 69.1. The van der Waals surface area contributed by atoms with Crippen LogP contribution in [0.1, 0.15) is 20.8 Å². The van der Waals surface area contributed by atoms with Crippen molar-refractivity contribution in [2.75, 3.05) is 18.5 Å². The van der Waals surface area contributed by atoms with E-state index in [-0.39, 0.29) is 43.8 Å². The molecule has 0 N–H and O–H groups in total. The molecule has 0 saturated carbocycles. The smallest absolute Gasteiger partial charge is 0.832 e. The molecule has 0 rings (SSSR count). The largest absolute Gasteiger partial charge is 3.00 e. The van der Waals surface area contributed by atoms with Crippen LogP contribution >= 0.6 is 26.4 Å². The van der Waals surface area contributed by atoms with Crippen molar-refractivity contribution in [1.29, 1.82) is 0 Å². The minimum absolute atomic E-state index is 0. The van der Waals surface area contributed by atoms with Crippen molar-refractivity contribution in [2.45, 2.75) is 20.8 Å². The van der Waals surface area contributed by atoms with E-state index in [4.69, 9.17) is 0 Å². The van der Waals surface area contributed by atoms with Crippen LogP contribution in [0.5, 0.6) is 0 Å². The van der Waals surface area contributed by atoms with E-state index in [0.29, 0.717) is 0 Å². The molecule has 78 valence electrons. The summed E-state index contributed by atoms with van der Waals surface area (Å²) in [6, 6.07) is 0. The maximum atomic E-state index is 9.33. The van der Waals surface area contributed by atoms with Crippen LogP contribution in [0, 0.1) is 0 Å². The van der Waals surface area contributed by atoms with E-state index in [2.05, 4.69) is 0 Å². The van der Waals surface area contributed by atoms with Gasteiger partial charge in [-0.2, -0.15) is 0 Å². The molecule has 3 nitrogen and oxygen atoms in total. The van der Waals surface area contributed by atoms with Crippen LogP contribution in [-0.2, 0) is 0 Å². The van der Waals surface area contributed by atoms with Crippen LogP contribution in [0.15, 0.2) is 0 Å². The summed E-state index contributed by atoms with van der Waals surface area (Å²) >= 11 is 0. The van der Waals surface area contributed by atoms with Crippen molar-refractivity contribution in [1.82, 2.24) is 0 Å². The monoisotopic (exact) mass is 258 g/mol. The van der Waals surface area contributed by atoms with E-state index in [1.54, 1.807) is 0 Å². The van der Waals surface area contributed by atoms with Crippen molar-refractivity contribution in [2.24, 2.45) is 0 Å². The second-order valence-electron chi connectivity index (χ2n) is 1.49. The molecule has 0 heterocycles. The first-order chi connectivity index (χ1) is 5.74. The van der Waals surface area contributed by atoms with E-state index < -0.39 is 0 Å². The number of hydrogen-bond donors (Lipinski definition) is 0. The summed E-state index contributed by atoms with van der Waals surface area (Å²) in [4.78, 5) is 28.0. The van der Waals surface area contributed by atoms with Crippen molar-refractivity contribution in [3.63, 3.8) is 0 Å². The summed E-state index contributed by atoms with van der Waals surface area (Å²) in [5.41, 5.74) is 0. The Hall–Kier alpha value is 1.70. The summed E-state index contributed by atoms with van der Waals surface area (Å²) in [6.07, 6.45) is 2.38. The van der Waals surface area contributed by atoms with Gasteiger partial charge in [-0.15, -0.1) is 0 Å². The third kappa shape index (κ3) is 84.9. The second-order valence-corrected chi connectivity index (χ2v) is 4.48. The maximum absolute atomic E-state index is 9.33. The molecule has 0 aromatic rings. The van der Waals surface area contributed by atoms with E-state index >= 15 is 0 Å². The van der Waals surface area contributed by atoms with Crippen molar-refractivity contribution < 1.29 is 14.7 Å².